The van der Waals surface area contributed by atoms with Crippen molar-refractivity contribution in [1.82, 2.24) is 5.32 Å². The average Bonchev–Trinajstić information content (AvgIpc) is 3.22. The SMILES string of the molecule is Nc1cc(F)c(C(=O)OCC(=O)NCC2CC2)cc1F. The lowest BCUT2D eigenvalue weighted by molar-refractivity contribution is -0.124. The minimum Gasteiger partial charge on any atom is -0.452 e. The summed E-state index contributed by atoms with van der Waals surface area (Å²) in [4.78, 5) is 22.9. The number of nitrogen functional groups attached to an aromatic ring is 1. The van der Waals surface area contributed by atoms with Crippen LogP contribution < -0.4 is 11.1 Å². The van der Waals surface area contributed by atoms with E-state index < -0.39 is 41.4 Å². The van der Waals surface area contributed by atoms with Crippen LogP contribution in [0.2, 0.25) is 0 Å². The van der Waals surface area contributed by atoms with Crippen LogP contribution in [-0.4, -0.2) is 25.0 Å². The average molecular weight is 284 g/mol. The number of hydrogen-bond donors (Lipinski definition) is 2. The van der Waals surface area contributed by atoms with Crippen molar-refractivity contribution in [2.75, 3.05) is 18.9 Å². The van der Waals surface area contributed by atoms with E-state index in [-0.39, 0.29) is 0 Å². The van der Waals surface area contributed by atoms with E-state index in [2.05, 4.69) is 10.1 Å². The number of hydrogen-bond acceptors (Lipinski definition) is 4. The summed E-state index contributed by atoms with van der Waals surface area (Å²) in [6.45, 7) is 0.0121. The fraction of sp³-hybridized carbons (Fsp3) is 0.385. The van der Waals surface area contributed by atoms with Crippen LogP contribution in [0.4, 0.5) is 14.5 Å². The third kappa shape index (κ3) is 3.66. The van der Waals surface area contributed by atoms with E-state index in [0.29, 0.717) is 24.6 Å². The molecule has 1 aromatic carbocycles. The molecule has 0 bridgehead atoms. The summed E-state index contributed by atoms with van der Waals surface area (Å²) in [7, 11) is 0. The zero-order valence-electron chi connectivity index (χ0n) is 10.6. The Labute approximate surface area is 114 Å². The van der Waals surface area contributed by atoms with Crippen LogP contribution in [0.3, 0.4) is 0 Å². The number of carbonyl (C=O) groups is 2. The Hall–Kier alpha value is -2.18. The van der Waals surface area contributed by atoms with Crippen molar-refractivity contribution in [3.05, 3.63) is 29.3 Å². The van der Waals surface area contributed by atoms with Gasteiger partial charge in [-0.2, -0.15) is 0 Å². The maximum absolute atomic E-state index is 13.4. The molecule has 1 aliphatic rings. The zero-order valence-corrected chi connectivity index (χ0v) is 10.6. The summed E-state index contributed by atoms with van der Waals surface area (Å²) < 4.78 is 31.2. The highest BCUT2D eigenvalue weighted by Crippen LogP contribution is 2.27. The molecule has 20 heavy (non-hydrogen) atoms. The highest BCUT2D eigenvalue weighted by atomic mass is 19.1. The first-order valence-corrected chi connectivity index (χ1v) is 6.15. The summed E-state index contributed by atoms with van der Waals surface area (Å²) in [5.41, 5.74) is 4.16. The minimum atomic E-state index is -1.11. The molecule has 2 rings (SSSR count). The quantitative estimate of drug-likeness (QED) is 0.629. The molecule has 0 saturated heterocycles. The lowest BCUT2D eigenvalue weighted by Gasteiger charge is -2.07. The number of nitrogens with one attached hydrogen (secondary N) is 1. The van der Waals surface area contributed by atoms with Gasteiger partial charge in [-0.1, -0.05) is 0 Å². The number of esters is 1. The molecule has 0 spiro atoms. The monoisotopic (exact) mass is 284 g/mol. The minimum absolute atomic E-state index is 0.402. The molecule has 0 heterocycles. The second kappa shape index (κ2) is 5.85. The molecule has 0 radical (unpaired) electrons. The Morgan fingerprint density at radius 1 is 1.30 bits per heavy atom. The number of nitrogens with two attached hydrogens (primary N) is 1. The van der Waals surface area contributed by atoms with Gasteiger partial charge in [-0.15, -0.1) is 0 Å². The molecule has 0 aromatic heterocycles. The van der Waals surface area contributed by atoms with Crippen LogP contribution in [0.15, 0.2) is 12.1 Å². The molecule has 108 valence electrons. The first-order valence-electron chi connectivity index (χ1n) is 6.15. The molecular weight excluding hydrogens is 270 g/mol. The van der Waals surface area contributed by atoms with Crippen molar-refractivity contribution < 1.29 is 23.1 Å². The molecule has 1 aliphatic carbocycles. The maximum atomic E-state index is 13.4. The van der Waals surface area contributed by atoms with Crippen LogP contribution in [0.5, 0.6) is 0 Å². The number of ether oxygens (including phenoxy) is 1. The van der Waals surface area contributed by atoms with Crippen molar-refractivity contribution >= 4 is 17.6 Å². The molecule has 1 saturated carbocycles. The predicted octanol–water partition coefficient (Wildman–Crippen LogP) is 1.23. The van der Waals surface area contributed by atoms with Crippen molar-refractivity contribution in [2.24, 2.45) is 5.92 Å². The van der Waals surface area contributed by atoms with Gasteiger partial charge in [0, 0.05) is 12.6 Å². The summed E-state index contributed by atoms with van der Waals surface area (Å²) in [5, 5.41) is 2.58. The van der Waals surface area contributed by atoms with Gasteiger partial charge in [0.2, 0.25) is 0 Å². The van der Waals surface area contributed by atoms with E-state index in [0.717, 1.165) is 12.8 Å². The number of rotatable bonds is 5. The molecule has 1 fully saturated rings. The van der Waals surface area contributed by atoms with Crippen molar-refractivity contribution in [3.8, 4) is 0 Å². The van der Waals surface area contributed by atoms with Gasteiger partial charge in [-0.05, 0) is 24.8 Å². The van der Waals surface area contributed by atoms with Crippen LogP contribution in [0.25, 0.3) is 0 Å². The molecule has 7 heteroatoms. The number of halogens is 2. The van der Waals surface area contributed by atoms with Crippen LogP contribution in [0.1, 0.15) is 23.2 Å². The van der Waals surface area contributed by atoms with E-state index in [1.54, 1.807) is 0 Å². The fourth-order valence-electron chi connectivity index (χ4n) is 1.56. The molecule has 1 amide bonds. The maximum Gasteiger partial charge on any atom is 0.341 e. The highest BCUT2D eigenvalue weighted by Gasteiger charge is 2.22. The number of anilines is 1. The number of benzene rings is 1. The Morgan fingerprint density at radius 2 is 2.00 bits per heavy atom. The Kier molecular flexibility index (Phi) is 4.16. The first-order chi connectivity index (χ1) is 9.47. The normalized spacial score (nSPS) is 13.9. The lowest BCUT2D eigenvalue weighted by atomic mass is 10.2. The largest absolute Gasteiger partial charge is 0.452 e. The van der Waals surface area contributed by atoms with Crippen molar-refractivity contribution in [1.29, 1.82) is 0 Å². The van der Waals surface area contributed by atoms with E-state index in [4.69, 9.17) is 5.73 Å². The Bertz CT molecular complexity index is 545. The van der Waals surface area contributed by atoms with Gasteiger partial charge < -0.3 is 15.8 Å². The highest BCUT2D eigenvalue weighted by molar-refractivity contribution is 5.92. The smallest absolute Gasteiger partial charge is 0.341 e. The van der Waals surface area contributed by atoms with Gasteiger partial charge in [0.15, 0.2) is 6.61 Å². The summed E-state index contributed by atoms with van der Waals surface area (Å²) >= 11 is 0. The topological polar surface area (TPSA) is 81.4 Å². The van der Waals surface area contributed by atoms with E-state index in [1.165, 1.54) is 0 Å². The van der Waals surface area contributed by atoms with Crippen LogP contribution in [0, 0.1) is 17.6 Å². The van der Waals surface area contributed by atoms with Crippen LogP contribution >= 0.6 is 0 Å². The summed E-state index contributed by atoms with van der Waals surface area (Å²) in [6.07, 6.45) is 2.16. The van der Waals surface area contributed by atoms with Gasteiger partial charge in [-0.3, -0.25) is 4.79 Å². The van der Waals surface area contributed by atoms with Gasteiger partial charge in [0.05, 0.1) is 11.3 Å². The molecule has 0 atom stereocenters. The molecule has 0 unspecified atom stereocenters. The molecule has 1 aromatic rings. The Morgan fingerprint density at radius 3 is 2.65 bits per heavy atom. The molecule has 3 N–H and O–H groups in total. The zero-order chi connectivity index (χ0) is 14.7. The predicted molar refractivity (Wildman–Crippen MR) is 66.8 cm³/mol. The van der Waals surface area contributed by atoms with Gasteiger partial charge >= 0.3 is 5.97 Å². The van der Waals surface area contributed by atoms with Crippen molar-refractivity contribution in [3.63, 3.8) is 0 Å². The van der Waals surface area contributed by atoms with Crippen molar-refractivity contribution in [2.45, 2.75) is 12.8 Å². The van der Waals surface area contributed by atoms with E-state index >= 15 is 0 Å². The second-order valence-electron chi connectivity index (χ2n) is 4.68. The van der Waals surface area contributed by atoms with Gasteiger partial charge in [-0.25, -0.2) is 13.6 Å². The third-order valence-electron chi connectivity index (χ3n) is 2.93. The summed E-state index contributed by atoms with van der Waals surface area (Å²) in [5.74, 6) is -2.99. The van der Waals surface area contributed by atoms with Gasteiger partial charge in [0.25, 0.3) is 5.91 Å². The summed E-state index contributed by atoms with van der Waals surface area (Å²) in [6, 6.07) is 1.34. The second-order valence-corrected chi connectivity index (χ2v) is 4.68. The lowest BCUT2D eigenvalue weighted by Crippen LogP contribution is -2.30. The Balaban J connectivity index is 1.87. The molecule has 5 nitrogen and oxygen atoms in total. The number of carbonyl (C=O) groups excluding carboxylic acids is 2. The molecule has 0 aliphatic heterocycles. The van der Waals surface area contributed by atoms with Crippen LogP contribution in [-0.2, 0) is 9.53 Å². The fourth-order valence-corrected chi connectivity index (χ4v) is 1.56. The number of amides is 1. The van der Waals surface area contributed by atoms with E-state index in [1.807, 2.05) is 0 Å². The molecular formula is C13H14F2N2O3. The third-order valence-corrected chi connectivity index (χ3v) is 2.93. The van der Waals surface area contributed by atoms with E-state index in [9.17, 15) is 18.4 Å². The first kappa shape index (κ1) is 14.2. The standard InChI is InChI=1S/C13H14F2N2O3/c14-9-4-11(16)10(15)3-8(9)13(19)20-6-12(18)17-5-7-1-2-7/h3-4,7H,1-2,5-6,16H2,(H,17,18). The van der Waals surface area contributed by atoms with Gasteiger partial charge in [0.1, 0.15) is 11.6 Å².